The van der Waals surface area contributed by atoms with Crippen LogP contribution in [-0.4, -0.2) is 25.2 Å². The van der Waals surface area contributed by atoms with Crippen molar-refractivity contribution in [1.82, 2.24) is 10.3 Å². The molecule has 3 nitrogen and oxygen atoms in total. The molecule has 2 rings (SSSR count). The van der Waals surface area contributed by atoms with Gasteiger partial charge in [0.2, 0.25) is 0 Å². The lowest BCUT2D eigenvalue weighted by Gasteiger charge is -2.09. The lowest BCUT2D eigenvalue weighted by atomic mass is 10.1. The van der Waals surface area contributed by atoms with Crippen LogP contribution in [0.5, 0.6) is 0 Å². The number of hydrogen-bond acceptors (Lipinski definition) is 3. The van der Waals surface area contributed by atoms with Gasteiger partial charge in [-0.25, -0.2) is 4.98 Å². The largest absolute Gasteiger partial charge is 0.383 e. The second kappa shape index (κ2) is 6.33. The van der Waals surface area contributed by atoms with Crippen LogP contribution in [0.3, 0.4) is 0 Å². The molecule has 0 amide bonds. The Morgan fingerprint density at radius 1 is 1.21 bits per heavy atom. The number of fused-ring (bicyclic) bond motifs is 1. The van der Waals surface area contributed by atoms with E-state index in [-0.39, 0.29) is 0 Å². The molecule has 2 aromatic rings. The molecule has 0 bridgehead atoms. The molecular weight excluding hydrogens is 260 g/mol. The van der Waals surface area contributed by atoms with Crippen molar-refractivity contribution >= 4 is 22.5 Å². The van der Waals surface area contributed by atoms with Gasteiger partial charge in [-0.3, -0.25) is 0 Å². The summed E-state index contributed by atoms with van der Waals surface area (Å²) < 4.78 is 5.00. The van der Waals surface area contributed by atoms with E-state index in [2.05, 4.69) is 42.3 Å². The highest BCUT2D eigenvalue weighted by Gasteiger charge is 2.06. The molecule has 1 N–H and O–H groups in total. The first-order valence-electron chi connectivity index (χ1n) is 6.38. The standard InChI is InChI=1S/C15H19ClN2O/c1-10-6-12-8-13(9-17-4-5-19-3)15(16)18-14(12)7-11(10)2/h6-8,17H,4-5,9H2,1-3H3. The van der Waals surface area contributed by atoms with Crippen molar-refractivity contribution in [2.24, 2.45) is 0 Å². The minimum atomic E-state index is 0.570. The van der Waals surface area contributed by atoms with E-state index >= 15 is 0 Å². The second-order valence-electron chi connectivity index (χ2n) is 4.74. The number of hydrogen-bond donors (Lipinski definition) is 1. The van der Waals surface area contributed by atoms with Gasteiger partial charge in [0.05, 0.1) is 12.1 Å². The molecule has 0 aliphatic heterocycles. The second-order valence-corrected chi connectivity index (χ2v) is 5.10. The molecule has 0 fully saturated rings. The van der Waals surface area contributed by atoms with Crippen LogP contribution in [0.1, 0.15) is 16.7 Å². The quantitative estimate of drug-likeness (QED) is 0.673. The minimum Gasteiger partial charge on any atom is -0.383 e. The Labute approximate surface area is 118 Å². The summed E-state index contributed by atoms with van der Waals surface area (Å²) in [7, 11) is 1.69. The van der Waals surface area contributed by atoms with Crippen LogP contribution in [0.2, 0.25) is 5.15 Å². The molecule has 0 aliphatic rings. The SMILES string of the molecule is COCCNCc1cc2cc(C)c(C)cc2nc1Cl. The highest BCUT2D eigenvalue weighted by atomic mass is 35.5. The predicted molar refractivity (Wildman–Crippen MR) is 79.8 cm³/mol. The molecule has 1 aromatic carbocycles. The van der Waals surface area contributed by atoms with Gasteiger partial charge in [0.15, 0.2) is 0 Å². The van der Waals surface area contributed by atoms with Crippen LogP contribution in [0, 0.1) is 13.8 Å². The molecule has 0 radical (unpaired) electrons. The number of aryl methyl sites for hydroxylation is 2. The van der Waals surface area contributed by atoms with Crippen molar-refractivity contribution in [2.45, 2.75) is 20.4 Å². The van der Waals surface area contributed by atoms with E-state index in [0.717, 1.165) is 23.0 Å². The fraction of sp³-hybridized carbons (Fsp3) is 0.400. The van der Waals surface area contributed by atoms with E-state index in [9.17, 15) is 0 Å². The maximum atomic E-state index is 6.23. The lowest BCUT2D eigenvalue weighted by molar-refractivity contribution is 0.199. The van der Waals surface area contributed by atoms with Crippen LogP contribution in [0.25, 0.3) is 10.9 Å². The van der Waals surface area contributed by atoms with Crippen molar-refractivity contribution in [3.63, 3.8) is 0 Å². The molecule has 0 atom stereocenters. The van der Waals surface area contributed by atoms with Crippen molar-refractivity contribution in [1.29, 1.82) is 0 Å². The summed E-state index contributed by atoms with van der Waals surface area (Å²) in [5.41, 5.74) is 4.49. The summed E-state index contributed by atoms with van der Waals surface area (Å²) in [4.78, 5) is 4.47. The van der Waals surface area contributed by atoms with Gasteiger partial charge in [-0.15, -0.1) is 0 Å². The van der Waals surface area contributed by atoms with Crippen molar-refractivity contribution < 1.29 is 4.74 Å². The zero-order chi connectivity index (χ0) is 13.8. The fourth-order valence-corrected chi connectivity index (χ4v) is 2.19. The smallest absolute Gasteiger partial charge is 0.134 e. The van der Waals surface area contributed by atoms with E-state index in [1.165, 1.54) is 11.1 Å². The molecule has 0 aliphatic carbocycles. The number of pyridine rings is 1. The molecule has 4 heteroatoms. The molecular formula is C15H19ClN2O. The maximum absolute atomic E-state index is 6.23. The van der Waals surface area contributed by atoms with E-state index in [1.54, 1.807) is 7.11 Å². The third kappa shape index (κ3) is 3.44. The van der Waals surface area contributed by atoms with Gasteiger partial charge in [0.1, 0.15) is 5.15 Å². The highest BCUT2D eigenvalue weighted by Crippen LogP contribution is 2.23. The summed E-state index contributed by atoms with van der Waals surface area (Å²) in [6.07, 6.45) is 0. The van der Waals surface area contributed by atoms with Crippen LogP contribution in [0.4, 0.5) is 0 Å². The zero-order valence-electron chi connectivity index (χ0n) is 11.6. The van der Waals surface area contributed by atoms with Gasteiger partial charge in [-0.1, -0.05) is 11.6 Å². The van der Waals surface area contributed by atoms with Crippen LogP contribution < -0.4 is 5.32 Å². The number of ether oxygens (including phenoxy) is 1. The number of nitrogens with zero attached hydrogens (tertiary/aromatic N) is 1. The summed E-state index contributed by atoms with van der Waals surface area (Å²) in [6, 6.07) is 6.35. The van der Waals surface area contributed by atoms with Gasteiger partial charge in [-0.05, 0) is 43.2 Å². The van der Waals surface area contributed by atoms with E-state index in [4.69, 9.17) is 16.3 Å². The topological polar surface area (TPSA) is 34.1 Å². The summed E-state index contributed by atoms with van der Waals surface area (Å²) >= 11 is 6.23. The number of benzene rings is 1. The Kier molecular flexibility index (Phi) is 4.75. The van der Waals surface area contributed by atoms with E-state index in [0.29, 0.717) is 18.3 Å². The summed E-state index contributed by atoms with van der Waals surface area (Å²) in [5, 5.41) is 4.99. The van der Waals surface area contributed by atoms with Crippen LogP contribution in [0.15, 0.2) is 18.2 Å². The van der Waals surface area contributed by atoms with Gasteiger partial charge >= 0.3 is 0 Å². The molecule has 1 heterocycles. The molecule has 0 spiro atoms. The molecule has 1 aromatic heterocycles. The van der Waals surface area contributed by atoms with E-state index in [1.807, 2.05) is 0 Å². The Morgan fingerprint density at radius 3 is 2.68 bits per heavy atom. The highest BCUT2D eigenvalue weighted by molar-refractivity contribution is 6.30. The molecule has 0 saturated heterocycles. The first-order chi connectivity index (χ1) is 9.11. The molecule has 0 unspecified atom stereocenters. The third-order valence-corrected chi connectivity index (χ3v) is 3.58. The number of halogens is 1. The summed E-state index contributed by atoms with van der Waals surface area (Å²) in [6.45, 7) is 6.40. The minimum absolute atomic E-state index is 0.570. The Morgan fingerprint density at radius 2 is 1.95 bits per heavy atom. The van der Waals surface area contributed by atoms with Crippen LogP contribution >= 0.6 is 11.6 Å². The summed E-state index contributed by atoms with van der Waals surface area (Å²) in [5.74, 6) is 0. The number of nitrogens with one attached hydrogen (secondary N) is 1. The lowest BCUT2D eigenvalue weighted by Crippen LogP contribution is -2.18. The van der Waals surface area contributed by atoms with Crippen molar-refractivity contribution in [2.75, 3.05) is 20.3 Å². The molecule has 19 heavy (non-hydrogen) atoms. The maximum Gasteiger partial charge on any atom is 0.134 e. The van der Waals surface area contributed by atoms with Crippen molar-refractivity contribution in [3.8, 4) is 0 Å². The third-order valence-electron chi connectivity index (χ3n) is 3.25. The number of methoxy groups -OCH3 is 1. The average Bonchev–Trinajstić information content (AvgIpc) is 2.37. The van der Waals surface area contributed by atoms with E-state index < -0.39 is 0 Å². The number of rotatable bonds is 5. The van der Waals surface area contributed by atoms with Crippen molar-refractivity contribution in [3.05, 3.63) is 40.0 Å². The van der Waals surface area contributed by atoms with Gasteiger partial charge in [0, 0.05) is 31.1 Å². The normalized spacial score (nSPS) is 11.2. The van der Waals surface area contributed by atoms with Gasteiger partial charge < -0.3 is 10.1 Å². The average molecular weight is 279 g/mol. The fourth-order valence-electron chi connectivity index (χ4n) is 1.98. The van der Waals surface area contributed by atoms with Crippen LogP contribution in [-0.2, 0) is 11.3 Å². The first kappa shape index (κ1) is 14.3. The van der Waals surface area contributed by atoms with Gasteiger partial charge in [-0.2, -0.15) is 0 Å². The Bertz CT molecular complexity index is 584. The Balaban J connectivity index is 2.25. The number of aromatic nitrogens is 1. The monoisotopic (exact) mass is 278 g/mol. The predicted octanol–water partition coefficient (Wildman–Crippen LogP) is 3.24. The van der Waals surface area contributed by atoms with Gasteiger partial charge in [0.25, 0.3) is 0 Å². The zero-order valence-corrected chi connectivity index (χ0v) is 12.3. The molecule has 102 valence electrons. The Hall–Kier alpha value is -1.16. The first-order valence-corrected chi connectivity index (χ1v) is 6.75. The molecule has 0 saturated carbocycles.